The van der Waals surface area contributed by atoms with Crippen molar-refractivity contribution in [3.05, 3.63) is 29.6 Å². The van der Waals surface area contributed by atoms with Crippen LogP contribution in [0.5, 0.6) is 0 Å². The van der Waals surface area contributed by atoms with Crippen LogP contribution in [0.3, 0.4) is 0 Å². The quantitative estimate of drug-likeness (QED) is 0.646. The summed E-state index contributed by atoms with van der Waals surface area (Å²) in [7, 11) is 3.11. The Kier molecular flexibility index (Phi) is 4.25. The lowest BCUT2D eigenvalue weighted by atomic mass is 10.2. The second-order valence-electron chi connectivity index (χ2n) is 4.01. The first kappa shape index (κ1) is 14.0. The molecule has 6 heteroatoms. The van der Waals surface area contributed by atoms with Crippen LogP contribution in [0.2, 0.25) is 0 Å². The molecule has 0 aliphatic heterocycles. The van der Waals surface area contributed by atoms with Gasteiger partial charge in [0.1, 0.15) is 5.82 Å². The van der Waals surface area contributed by atoms with Gasteiger partial charge >= 0.3 is 5.97 Å². The minimum Gasteiger partial charge on any atom is -0.449 e. The summed E-state index contributed by atoms with van der Waals surface area (Å²) in [5.41, 5.74) is 5.51. The van der Waals surface area contributed by atoms with Crippen LogP contribution in [0.1, 0.15) is 17.3 Å². The molecule has 5 nitrogen and oxygen atoms in total. The Balaban J connectivity index is 2.80. The van der Waals surface area contributed by atoms with E-state index in [1.54, 1.807) is 14.1 Å². The molecule has 0 aliphatic rings. The molecule has 1 aromatic rings. The lowest BCUT2D eigenvalue weighted by Crippen LogP contribution is -2.35. The Bertz CT molecular complexity index is 474. The number of halogens is 1. The largest absolute Gasteiger partial charge is 0.449 e. The van der Waals surface area contributed by atoms with Crippen molar-refractivity contribution in [2.75, 3.05) is 19.8 Å². The predicted octanol–water partition coefficient (Wildman–Crippen LogP) is 1.04. The number of hydrogen-bond acceptors (Lipinski definition) is 4. The number of nitrogens with two attached hydrogens (primary N) is 1. The summed E-state index contributed by atoms with van der Waals surface area (Å²) in [6.45, 7) is 1.46. The fourth-order valence-corrected chi connectivity index (χ4v) is 1.36. The van der Waals surface area contributed by atoms with E-state index in [0.717, 1.165) is 12.1 Å². The maximum Gasteiger partial charge on any atom is 0.341 e. The maximum absolute atomic E-state index is 12.8. The van der Waals surface area contributed by atoms with Gasteiger partial charge in [0.15, 0.2) is 6.10 Å². The summed E-state index contributed by atoms with van der Waals surface area (Å²) in [5, 5.41) is 0. The molecular weight excluding hydrogens is 239 g/mol. The number of carbonyl (C=O) groups excluding carboxylic acids is 2. The van der Waals surface area contributed by atoms with E-state index in [9.17, 15) is 14.0 Å². The zero-order chi connectivity index (χ0) is 13.9. The van der Waals surface area contributed by atoms with Crippen LogP contribution in [-0.4, -0.2) is 37.0 Å². The van der Waals surface area contributed by atoms with Crippen LogP contribution in [-0.2, 0) is 9.53 Å². The highest BCUT2D eigenvalue weighted by Gasteiger charge is 2.21. The van der Waals surface area contributed by atoms with Crippen molar-refractivity contribution in [1.29, 1.82) is 0 Å². The number of likely N-dealkylation sites (N-methyl/N-ethyl adjacent to an activating group) is 1. The standard InChI is InChI=1S/C12H15FN2O3/c1-7(11(16)15(2)3)18-12(17)9-5-4-8(13)6-10(9)14/h4-7H,14H2,1-3H3. The monoisotopic (exact) mass is 254 g/mol. The van der Waals surface area contributed by atoms with Crippen LogP contribution in [0.15, 0.2) is 18.2 Å². The van der Waals surface area contributed by atoms with Crippen LogP contribution >= 0.6 is 0 Å². The van der Waals surface area contributed by atoms with E-state index in [-0.39, 0.29) is 17.2 Å². The SMILES string of the molecule is CC(OC(=O)c1ccc(F)cc1N)C(=O)N(C)C. The molecule has 0 bridgehead atoms. The van der Waals surface area contributed by atoms with E-state index in [4.69, 9.17) is 10.5 Å². The van der Waals surface area contributed by atoms with Crippen molar-refractivity contribution in [1.82, 2.24) is 4.90 Å². The zero-order valence-corrected chi connectivity index (χ0v) is 10.4. The van der Waals surface area contributed by atoms with Gasteiger partial charge in [-0.25, -0.2) is 9.18 Å². The number of hydrogen-bond donors (Lipinski definition) is 1. The number of nitrogens with zero attached hydrogens (tertiary/aromatic N) is 1. The number of rotatable bonds is 3. The van der Waals surface area contributed by atoms with Crippen LogP contribution in [0.4, 0.5) is 10.1 Å². The second-order valence-corrected chi connectivity index (χ2v) is 4.01. The highest BCUT2D eigenvalue weighted by molar-refractivity contribution is 5.96. The van der Waals surface area contributed by atoms with Crippen LogP contribution in [0.25, 0.3) is 0 Å². The lowest BCUT2D eigenvalue weighted by Gasteiger charge is -2.17. The van der Waals surface area contributed by atoms with Gasteiger partial charge in [0.25, 0.3) is 5.91 Å². The summed E-state index contributed by atoms with van der Waals surface area (Å²) in [5.74, 6) is -1.64. The van der Waals surface area contributed by atoms with Crippen LogP contribution < -0.4 is 5.73 Å². The molecule has 1 unspecified atom stereocenters. The van der Waals surface area contributed by atoms with E-state index < -0.39 is 17.9 Å². The minimum atomic E-state index is -0.919. The van der Waals surface area contributed by atoms with Gasteiger partial charge in [0.2, 0.25) is 0 Å². The molecule has 1 aromatic carbocycles. The maximum atomic E-state index is 12.8. The molecule has 18 heavy (non-hydrogen) atoms. The van der Waals surface area contributed by atoms with Gasteiger partial charge in [-0.2, -0.15) is 0 Å². The average molecular weight is 254 g/mol. The molecule has 0 aromatic heterocycles. The van der Waals surface area contributed by atoms with Gasteiger partial charge in [0.05, 0.1) is 5.56 Å². The van der Waals surface area contributed by atoms with Crippen molar-refractivity contribution in [3.8, 4) is 0 Å². The van der Waals surface area contributed by atoms with Gasteiger partial charge in [-0.3, -0.25) is 4.79 Å². The number of nitrogen functional groups attached to an aromatic ring is 1. The van der Waals surface area contributed by atoms with Crippen molar-refractivity contribution >= 4 is 17.6 Å². The molecule has 0 saturated carbocycles. The van der Waals surface area contributed by atoms with Gasteiger partial charge in [0, 0.05) is 19.8 Å². The van der Waals surface area contributed by atoms with Gasteiger partial charge in [-0.05, 0) is 25.1 Å². The summed E-state index contributed by atoms with van der Waals surface area (Å²) >= 11 is 0. The number of amides is 1. The van der Waals surface area contributed by atoms with Crippen LogP contribution in [0, 0.1) is 5.82 Å². The molecule has 0 saturated heterocycles. The van der Waals surface area contributed by atoms with E-state index in [0.29, 0.717) is 0 Å². The first-order valence-corrected chi connectivity index (χ1v) is 5.30. The highest BCUT2D eigenvalue weighted by Crippen LogP contribution is 2.15. The average Bonchev–Trinajstić information content (AvgIpc) is 2.27. The van der Waals surface area contributed by atoms with Gasteiger partial charge in [-0.15, -0.1) is 0 Å². The molecule has 2 N–H and O–H groups in total. The highest BCUT2D eigenvalue weighted by atomic mass is 19.1. The Morgan fingerprint density at radius 2 is 2.00 bits per heavy atom. The second kappa shape index (κ2) is 5.48. The molecule has 1 rings (SSSR count). The summed E-state index contributed by atoms with van der Waals surface area (Å²) in [4.78, 5) is 24.5. The van der Waals surface area contributed by atoms with E-state index in [1.165, 1.54) is 17.9 Å². The molecule has 0 fully saturated rings. The number of ether oxygens (including phenoxy) is 1. The zero-order valence-electron chi connectivity index (χ0n) is 10.4. The molecule has 0 heterocycles. The predicted molar refractivity (Wildman–Crippen MR) is 64.4 cm³/mol. The number of anilines is 1. The Hall–Kier alpha value is -2.11. The molecule has 98 valence electrons. The summed E-state index contributed by atoms with van der Waals surface area (Å²) < 4.78 is 17.8. The molecule has 0 spiro atoms. The normalized spacial score (nSPS) is 11.8. The smallest absolute Gasteiger partial charge is 0.341 e. The summed E-state index contributed by atoms with van der Waals surface area (Å²) in [6.07, 6.45) is -0.919. The lowest BCUT2D eigenvalue weighted by molar-refractivity contribution is -0.137. The fraction of sp³-hybridized carbons (Fsp3) is 0.333. The van der Waals surface area contributed by atoms with Crippen molar-refractivity contribution in [2.24, 2.45) is 0 Å². The number of benzene rings is 1. The molecule has 1 atom stereocenters. The van der Waals surface area contributed by atoms with E-state index in [1.807, 2.05) is 0 Å². The summed E-state index contributed by atoms with van der Waals surface area (Å²) in [6, 6.07) is 3.35. The third kappa shape index (κ3) is 3.19. The van der Waals surface area contributed by atoms with Crippen molar-refractivity contribution in [2.45, 2.75) is 13.0 Å². The van der Waals surface area contributed by atoms with Crippen molar-refractivity contribution in [3.63, 3.8) is 0 Å². The van der Waals surface area contributed by atoms with Gasteiger partial charge < -0.3 is 15.4 Å². The third-order valence-electron chi connectivity index (χ3n) is 2.31. The van der Waals surface area contributed by atoms with E-state index >= 15 is 0 Å². The molecule has 1 amide bonds. The molecular formula is C12H15FN2O3. The molecule has 0 radical (unpaired) electrons. The third-order valence-corrected chi connectivity index (χ3v) is 2.31. The molecule has 0 aliphatic carbocycles. The topological polar surface area (TPSA) is 72.6 Å². The van der Waals surface area contributed by atoms with E-state index in [2.05, 4.69) is 0 Å². The van der Waals surface area contributed by atoms with Crippen molar-refractivity contribution < 1.29 is 18.7 Å². The fourth-order valence-electron chi connectivity index (χ4n) is 1.36. The Morgan fingerprint density at radius 1 is 1.39 bits per heavy atom. The Labute approximate surface area is 104 Å². The van der Waals surface area contributed by atoms with Gasteiger partial charge in [-0.1, -0.05) is 0 Å². The minimum absolute atomic E-state index is 0.0236. The first-order valence-electron chi connectivity index (χ1n) is 5.30. The number of carbonyl (C=O) groups is 2. The Morgan fingerprint density at radius 3 is 2.50 bits per heavy atom. The first-order chi connectivity index (χ1) is 8.32. The number of esters is 1.